The molecule has 3 fully saturated rings. The topological polar surface area (TPSA) is 44.8 Å². The van der Waals surface area contributed by atoms with Crippen LogP contribution in [0.5, 0.6) is 0 Å². The molecule has 6 atom stereocenters. The molecular formula is C37H48O4Si. The first-order valence-corrected chi connectivity index (χ1v) is 18.2. The van der Waals surface area contributed by atoms with Crippen molar-refractivity contribution in [3.8, 4) is 0 Å². The molecule has 0 amide bonds. The quantitative estimate of drug-likeness (QED) is 0.292. The van der Waals surface area contributed by atoms with Crippen LogP contribution in [-0.4, -0.2) is 39.2 Å². The molecule has 7 rings (SSSR count). The second kappa shape index (κ2) is 9.72. The van der Waals surface area contributed by atoms with E-state index in [0.29, 0.717) is 31.3 Å². The Morgan fingerprint density at radius 1 is 0.881 bits per heavy atom. The van der Waals surface area contributed by atoms with Gasteiger partial charge in [-0.2, -0.15) is 0 Å². The average Bonchev–Trinajstić information content (AvgIpc) is 3.34. The maximum atomic E-state index is 14.0. The Balaban J connectivity index is 1.42. The van der Waals surface area contributed by atoms with Crippen molar-refractivity contribution in [3.63, 3.8) is 0 Å². The van der Waals surface area contributed by atoms with Gasteiger partial charge in [0.15, 0.2) is 5.79 Å². The third-order valence-electron chi connectivity index (χ3n) is 12.1. The van der Waals surface area contributed by atoms with Crippen LogP contribution < -0.4 is 10.4 Å². The molecule has 4 nitrogen and oxygen atoms in total. The predicted molar refractivity (Wildman–Crippen MR) is 169 cm³/mol. The first-order chi connectivity index (χ1) is 20.0. The molecule has 1 saturated heterocycles. The van der Waals surface area contributed by atoms with E-state index in [1.165, 1.54) is 21.5 Å². The minimum Gasteiger partial charge on any atom is -0.404 e. The largest absolute Gasteiger partial charge is 0.404 e. The summed E-state index contributed by atoms with van der Waals surface area (Å²) in [4.78, 5) is 14.0. The Labute approximate surface area is 253 Å². The molecule has 224 valence electrons. The summed E-state index contributed by atoms with van der Waals surface area (Å²) in [5, 5.41) is 2.59. The van der Waals surface area contributed by atoms with Gasteiger partial charge in [-0.05, 0) is 64.4 Å². The van der Waals surface area contributed by atoms with Crippen LogP contribution in [0.4, 0.5) is 0 Å². The monoisotopic (exact) mass is 584 g/mol. The van der Waals surface area contributed by atoms with Crippen molar-refractivity contribution in [2.24, 2.45) is 28.6 Å². The Morgan fingerprint density at radius 2 is 1.48 bits per heavy atom. The zero-order valence-corrected chi connectivity index (χ0v) is 27.4. The molecule has 42 heavy (non-hydrogen) atoms. The molecule has 2 aromatic rings. The summed E-state index contributed by atoms with van der Waals surface area (Å²) in [6, 6.07) is 22.2. The Kier molecular flexibility index (Phi) is 6.64. The van der Waals surface area contributed by atoms with Gasteiger partial charge in [0.1, 0.15) is 5.78 Å². The van der Waals surface area contributed by atoms with E-state index >= 15 is 0 Å². The average molecular weight is 585 g/mol. The number of rotatable bonds is 4. The van der Waals surface area contributed by atoms with Crippen molar-refractivity contribution >= 4 is 24.5 Å². The molecule has 5 aliphatic rings. The van der Waals surface area contributed by atoms with E-state index in [1.54, 1.807) is 0 Å². The van der Waals surface area contributed by atoms with Crippen LogP contribution in [0.2, 0.25) is 5.04 Å². The fraction of sp³-hybridized carbons (Fsp3) is 0.595. The van der Waals surface area contributed by atoms with Crippen LogP contribution in [0, 0.1) is 28.6 Å². The lowest BCUT2D eigenvalue weighted by Crippen LogP contribution is -2.70. The Morgan fingerprint density at radius 3 is 2.05 bits per heavy atom. The second-order valence-electron chi connectivity index (χ2n) is 15.4. The van der Waals surface area contributed by atoms with Gasteiger partial charge in [0, 0.05) is 17.8 Å². The van der Waals surface area contributed by atoms with Gasteiger partial charge in [0.25, 0.3) is 8.32 Å². The van der Waals surface area contributed by atoms with Crippen LogP contribution in [0.25, 0.3) is 0 Å². The van der Waals surface area contributed by atoms with E-state index < -0.39 is 14.1 Å². The van der Waals surface area contributed by atoms with Gasteiger partial charge in [-0.3, -0.25) is 4.79 Å². The predicted octanol–water partition coefficient (Wildman–Crippen LogP) is 6.82. The summed E-state index contributed by atoms with van der Waals surface area (Å²) in [5.41, 5.74) is 2.69. The lowest BCUT2D eigenvalue weighted by molar-refractivity contribution is -0.319. The van der Waals surface area contributed by atoms with Crippen molar-refractivity contribution in [1.82, 2.24) is 0 Å². The third-order valence-corrected chi connectivity index (χ3v) is 17.1. The van der Waals surface area contributed by atoms with Crippen molar-refractivity contribution in [2.45, 2.75) is 97.0 Å². The van der Waals surface area contributed by atoms with E-state index in [9.17, 15) is 4.79 Å². The van der Waals surface area contributed by atoms with E-state index in [-0.39, 0.29) is 33.8 Å². The number of Topliss-reactive ketones (excluding diaryl/α,β-unsaturated/α-hetero) is 1. The molecule has 4 aliphatic carbocycles. The molecule has 2 aromatic carbocycles. The van der Waals surface area contributed by atoms with Crippen LogP contribution in [0.3, 0.4) is 0 Å². The van der Waals surface area contributed by atoms with E-state index in [1.807, 2.05) is 0 Å². The summed E-state index contributed by atoms with van der Waals surface area (Å²) in [6.07, 6.45) is 5.56. The van der Waals surface area contributed by atoms with E-state index in [2.05, 4.69) is 102 Å². The minimum absolute atomic E-state index is 0.0702. The molecule has 0 bridgehead atoms. The van der Waals surface area contributed by atoms with Gasteiger partial charge in [0.05, 0.1) is 25.2 Å². The lowest BCUT2D eigenvalue weighted by atomic mass is 9.48. The molecule has 1 heterocycles. The van der Waals surface area contributed by atoms with Gasteiger partial charge < -0.3 is 13.9 Å². The number of benzene rings is 2. The smallest absolute Gasteiger partial charge is 0.261 e. The van der Waals surface area contributed by atoms with Crippen LogP contribution in [-0.2, 0) is 18.7 Å². The van der Waals surface area contributed by atoms with Crippen molar-refractivity contribution in [2.75, 3.05) is 13.2 Å². The molecule has 0 N–H and O–H groups in total. The summed E-state index contributed by atoms with van der Waals surface area (Å²) >= 11 is 0. The van der Waals surface area contributed by atoms with Crippen LogP contribution in [0.1, 0.15) is 80.1 Å². The Bertz CT molecular complexity index is 1350. The molecule has 1 aliphatic heterocycles. The summed E-state index contributed by atoms with van der Waals surface area (Å²) in [5.74, 6) is -0.277. The van der Waals surface area contributed by atoms with Crippen molar-refractivity contribution in [1.29, 1.82) is 0 Å². The standard InChI is InChI=1S/C37H48O4Si/c1-25-28-18-21-36(6)30(41-42(34(2,3)4,26-14-9-7-10-15-26)27-16-11-8-12-17-27)24-35(5)20-19-29(38)32(33(35)31(28)36)37(25)39-22-13-23-40-37/h7-12,14-17,25,28,30,32H,13,18-24H2,1-6H3/t25-,28-,30-,32-,35-,36+/m1/s1. The van der Waals surface area contributed by atoms with E-state index in [0.717, 1.165) is 32.1 Å². The number of carbonyl (C=O) groups is 1. The maximum Gasteiger partial charge on any atom is 0.261 e. The maximum absolute atomic E-state index is 14.0. The second-order valence-corrected chi connectivity index (χ2v) is 19.6. The summed E-state index contributed by atoms with van der Waals surface area (Å²) in [6.45, 7) is 15.7. The fourth-order valence-corrected chi connectivity index (χ4v) is 14.8. The van der Waals surface area contributed by atoms with Crippen LogP contribution >= 0.6 is 0 Å². The fourth-order valence-electron chi connectivity index (χ4n) is 10.1. The zero-order chi connectivity index (χ0) is 29.5. The van der Waals surface area contributed by atoms with Gasteiger partial charge in [-0.25, -0.2) is 0 Å². The van der Waals surface area contributed by atoms with Gasteiger partial charge in [-0.15, -0.1) is 0 Å². The van der Waals surface area contributed by atoms with Gasteiger partial charge in [-0.1, -0.05) is 108 Å². The molecule has 0 radical (unpaired) electrons. The number of ether oxygens (including phenoxy) is 2. The molecule has 0 unspecified atom stereocenters. The highest BCUT2D eigenvalue weighted by Crippen LogP contribution is 2.70. The Hall–Kier alpha value is -2.05. The van der Waals surface area contributed by atoms with Gasteiger partial charge in [0.2, 0.25) is 0 Å². The SMILES string of the molecule is C[C@@H]1[C@H]2CC[C@]3(C)C2=C2[C@@H](C(=O)CC[C@]2(C)C[C@H]3O[Si](c2ccccc2)(c2ccccc2)C(C)(C)C)C12OCCCO2. The minimum atomic E-state index is -2.76. The molecule has 2 saturated carbocycles. The summed E-state index contributed by atoms with van der Waals surface area (Å²) < 4.78 is 21.2. The molecule has 1 spiro atoms. The highest BCUT2D eigenvalue weighted by Gasteiger charge is 2.69. The molecular weight excluding hydrogens is 536 g/mol. The highest BCUT2D eigenvalue weighted by atomic mass is 28.4. The lowest BCUT2D eigenvalue weighted by Gasteiger charge is -2.62. The number of hydrogen-bond acceptors (Lipinski definition) is 4. The molecule has 5 heteroatoms. The van der Waals surface area contributed by atoms with Crippen molar-refractivity contribution in [3.05, 3.63) is 71.8 Å². The first kappa shape index (κ1) is 28.7. The number of ketones is 1. The van der Waals surface area contributed by atoms with Gasteiger partial charge >= 0.3 is 0 Å². The van der Waals surface area contributed by atoms with Crippen LogP contribution in [0.15, 0.2) is 71.8 Å². The first-order valence-electron chi connectivity index (χ1n) is 16.3. The highest BCUT2D eigenvalue weighted by molar-refractivity contribution is 6.99. The normalized spacial score (nSPS) is 35.8. The number of carbonyl (C=O) groups excluding carboxylic acids is 1. The number of hydrogen-bond donors (Lipinski definition) is 0. The molecule has 0 aromatic heterocycles. The van der Waals surface area contributed by atoms with E-state index in [4.69, 9.17) is 13.9 Å². The number of fused-ring (bicyclic) bond motifs is 1. The summed E-state index contributed by atoms with van der Waals surface area (Å²) in [7, 11) is -2.76. The third kappa shape index (κ3) is 3.79. The van der Waals surface area contributed by atoms with Crippen molar-refractivity contribution < 1.29 is 18.7 Å². The zero-order valence-electron chi connectivity index (χ0n) is 26.4.